The third kappa shape index (κ3) is 1.53. The van der Waals surface area contributed by atoms with E-state index in [1.54, 1.807) is 24.3 Å². The second kappa shape index (κ2) is 3.76. The number of hydrogen-bond acceptors (Lipinski definition) is 1. The summed E-state index contributed by atoms with van der Waals surface area (Å²) in [6.45, 7) is 0. The van der Waals surface area contributed by atoms with Gasteiger partial charge in [-0.15, -0.1) is 0 Å². The molecule has 1 N–H and O–H groups in total. The zero-order chi connectivity index (χ0) is 12.0. The fourth-order valence-corrected chi connectivity index (χ4v) is 2.51. The molecule has 1 aromatic heterocycles. The Kier molecular flexibility index (Phi) is 2.35. The normalized spacial score (nSPS) is 11.2. The van der Waals surface area contributed by atoms with Crippen molar-refractivity contribution in [3.8, 4) is 0 Å². The number of hydrogen-bond donors (Lipinski definition) is 1. The van der Waals surface area contributed by atoms with E-state index >= 15 is 0 Å². The van der Waals surface area contributed by atoms with Crippen LogP contribution in [0, 0.1) is 0 Å². The van der Waals surface area contributed by atoms with E-state index in [-0.39, 0.29) is 5.43 Å². The van der Waals surface area contributed by atoms with Gasteiger partial charge in [0.1, 0.15) is 0 Å². The van der Waals surface area contributed by atoms with Crippen molar-refractivity contribution in [2.75, 3.05) is 0 Å². The van der Waals surface area contributed by atoms with Gasteiger partial charge in [-0.3, -0.25) is 4.79 Å². The summed E-state index contributed by atoms with van der Waals surface area (Å²) in [6.07, 6.45) is 0. The van der Waals surface area contributed by atoms with Crippen molar-refractivity contribution < 1.29 is 0 Å². The maximum atomic E-state index is 12.3. The monoisotopic (exact) mass is 263 g/mol. The fourth-order valence-electron chi connectivity index (χ4n) is 1.99. The predicted octanol–water partition coefficient (Wildman–Crippen LogP) is 3.99. The highest BCUT2D eigenvalue weighted by atomic mass is 35.5. The first-order chi connectivity index (χ1) is 8.18. The van der Waals surface area contributed by atoms with Gasteiger partial charge in [0.15, 0.2) is 5.43 Å². The van der Waals surface area contributed by atoms with Crippen LogP contribution in [-0.4, -0.2) is 4.98 Å². The Balaban J connectivity index is 2.69. The number of aromatic nitrogens is 1. The summed E-state index contributed by atoms with van der Waals surface area (Å²) >= 11 is 12.1. The number of aromatic amines is 1. The number of halogens is 2. The lowest BCUT2D eigenvalue weighted by molar-refractivity contribution is 1.48. The number of nitrogens with one attached hydrogen (secondary N) is 1. The summed E-state index contributed by atoms with van der Waals surface area (Å²) in [5.41, 5.74) is 1.31. The molecule has 0 aliphatic heterocycles. The van der Waals surface area contributed by atoms with Gasteiger partial charge < -0.3 is 4.98 Å². The Morgan fingerprint density at radius 2 is 1.29 bits per heavy atom. The molecule has 0 saturated carbocycles. The first-order valence-electron chi connectivity index (χ1n) is 5.07. The van der Waals surface area contributed by atoms with Crippen molar-refractivity contribution in [2.45, 2.75) is 0 Å². The summed E-state index contributed by atoms with van der Waals surface area (Å²) in [7, 11) is 0. The minimum Gasteiger partial charge on any atom is -0.354 e. The highest BCUT2D eigenvalue weighted by Gasteiger charge is 2.10. The number of H-pyrrole nitrogens is 1. The van der Waals surface area contributed by atoms with Crippen LogP contribution in [0.4, 0.5) is 0 Å². The lowest BCUT2D eigenvalue weighted by atomic mass is 10.1. The average molecular weight is 264 g/mol. The van der Waals surface area contributed by atoms with Gasteiger partial charge in [-0.05, 0) is 24.3 Å². The molecule has 0 bridgehead atoms. The van der Waals surface area contributed by atoms with Crippen LogP contribution in [0.3, 0.4) is 0 Å². The van der Waals surface area contributed by atoms with Gasteiger partial charge in [-0.2, -0.15) is 0 Å². The van der Waals surface area contributed by atoms with Crippen molar-refractivity contribution in [3.63, 3.8) is 0 Å². The lowest BCUT2D eigenvalue weighted by Gasteiger charge is -2.04. The first kappa shape index (κ1) is 10.6. The van der Waals surface area contributed by atoms with Crippen LogP contribution in [0.25, 0.3) is 21.8 Å². The van der Waals surface area contributed by atoms with Crippen molar-refractivity contribution in [3.05, 3.63) is 56.7 Å². The van der Waals surface area contributed by atoms with Crippen molar-refractivity contribution in [1.82, 2.24) is 4.98 Å². The number of benzene rings is 2. The molecule has 2 nitrogen and oxygen atoms in total. The van der Waals surface area contributed by atoms with E-state index in [2.05, 4.69) is 4.98 Å². The van der Waals surface area contributed by atoms with Crippen LogP contribution in [0.2, 0.25) is 10.0 Å². The van der Waals surface area contributed by atoms with Gasteiger partial charge in [0, 0.05) is 0 Å². The Labute approximate surface area is 107 Å². The lowest BCUT2D eigenvalue weighted by Crippen LogP contribution is -2.05. The molecule has 1 heterocycles. The van der Waals surface area contributed by atoms with E-state index in [1.807, 2.05) is 12.1 Å². The van der Waals surface area contributed by atoms with E-state index in [0.717, 1.165) is 11.0 Å². The maximum Gasteiger partial charge on any atom is 0.200 e. The van der Waals surface area contributed by atoms with E-state index in [4.69, 9.17) is 23.2 Å². The molecule has 3 rings (SSSR count). The molecule has 3 aromatic rings. The van der Waals surface area contributed by atoms with Gasteiger partial charge in [-0.1, -0.05) is 35.3 Å². The molecule has 17 heavy (non-hydrogen) atoms. The Morgan fingerprint density at radius 3 is 1.76 bits per heavy atom. The van der Waals surface area contributed by atoms with E-state index in [0.29, 0.717) is 20.8 Å². The second-order valence-corrected chi connectivity index (χ2v) is 4.59. The molecular weight excluding hydrogens is 257 g/mol. The highest BCUT2D eigenvalue weighted by Crippen LogP contribution is 2.24. The minimum absolute atomic E-state index is 0.134. The molecule has 0 unspecified atom stereocenters. The number of pyridine rings is 1. The molecule has 0 aliphatic rings. The summed E-state index contributed by atoms with van der Waals surface area (Å²) in [6, 6.07) is 10.6. The average Bonchev–Trinajstić information content (AvgIpc) is 2.28. The minimum atomic E-state index is -0.134. The van der Waals surface area contributed by atoms with Gasteiger partial charge in [0.05, 0.1) is 31.9 Å². The van der Waals surface area contributed by atoms with Crippen LogP contribution < -0.4 is 5.43 Å². The van der Waals surface area contributed by atoms with Crippen LogP contribution in [0.15, 0.2) is 41.2 Å². The number of fused-ring (bicyclic) bond motifs is 2. The Bertz CT molecular complexity index is 729. The molecule has 4 heteroatoms. The summed E-state index contributed by atoms with van der Waals surface area (Å²) in [5, 5.41) is 1.83. The summed E-state index contributed by atoms with van der Waals surface area (Å²) in [4.78, 5) is 15.5. The zero-order valence-electron chi connectivity index (χ0n) is 8.63. The van der Waals surface area contributed by atoms with Gasteiger partial charge in [0.25, 0.3) is 0 Å². The topological polar surface area (TPSA) is 32.9 Å². The van der Waals surface area contributed by atoms with Crippen LogP contribution >= 0.6 is 23.2 Å². The largest absolute Gasteiger partial charge is 0.354 e. The molecule has 0 fully saturated rings. The van der Waals surface area contributed by atoms with E-state index in [9.17, 15) is 4.79 Å². The highest BCUT2D eigenvalue weighted by molar-refractivity contribution is 6.37. The Hall–Kier alpha value is -1.51. The van der Waals surface area contributed by atoms with Crippen molar-refractivity contribution >= 4 is 45.0 Å². The maximum absolute atomic E-state index is 12.3. The SMILES string of the molecule is O=c1c2c(Cl)cccc2[nH]c2cccc(Cl)c12. The summed E-state index contributed by atoms with van der Waals surface area (Å²) in [5.74, 6) is 0. The fraction of sp³-hybridized carbons (Fsp3) is 0. The van der Waals surface area contributed by atoms with Gasteiger partial charge >= 0.3 is 0 Å². The molecule has 2 aromatic carbocycles. The smallest absolute Gasteiger partial charge is 0.200 e. The quantitative estimate of drug-likeness (QED) is 0.612. The van der Waals surface area contributed by atoms with E-state index in [1.165, 1.54) is 0 Å². The molecule has 0 spiro atoms. The molecule has 84 valence electrons. The predicted molar refractivity (Wildman–Crippen MR) is 72.1 cm³/mol. The van der Waals surface area contributed by atoms with E-state index < -0.39 is 0 Å². The summed E-state index contributed by atoms with van der Waals surface area (Å²) < 4.78 is 0. The van der Waals surface area contributed by atoms with Gasteiger partial charge in [-0.25, -0.2) is 0 Å². The Morgan fingerprint density at radius 1 is 0.824 bits per heavy atom. The molecule has 0 radical (unpaired) electrons. The third-order valence-electron chi connectivity index (χ3n) is 2.75. The van der Waals surface area contributed by atoms with Crippen LogP contribution in [0.5, 0.6) is 0 Å². The molecular formula is C13H7Cl2NO. The molecule has 0 amide bonds. The zero-order valence-corrected chi connectivity index (χ0v) is 10.1. The van der Waals surface area contributed by atoms with Crippen LogP contribution in [0.1, 0.15) is 0 Å². The van der Waals surface area contributed by atoms with Crippen molar-refractivity contribution in [1.29, 1.82) is 0 Å². The van der Waals surface area contributed by atoms with Crippen molar-refractivity contribution in [2.24, 2.45) is 0 Å². The molecule has 0 saturated heterocycles. The molecule has 0 atom stereocenters. The second-order valence-electron chi connectivity index (χ2n) is 3.78. The van der Waals surface area contributed by atoms with Crippen LogP contribution in [-0.2, 0) is 0 Å². The standard InChI is InChI=1S/C13H7Cl2NO/c14-7-3-1-5-9-11(7)13(17)12-8(15)4-2-6-10(12)16-9/h1-6H,(H,16,17). The first-order valence-corrected chi connectivity index (χ1v) is 5.83. The molecule has 0 aliphatic carbocycles. The number of rotatable bonds is 0. The van der Waals surface area contributed by atoms with Gasteiger partial charge in [0.2, 0.25) is 0 Å². The third-order valence-corrected chi connectivity index (χ3v) is 3.38.